The Bertz CT molecular complexity index is 789. The highest BCUT2D eigenvalue weighted by Gasteiger charge is 2.04. The summed E-state index contributed by atoms with van der Waals surface area (Å²) in [5.41, 5.74) is 3.09. The summed E-state index contributed by atoms with van der Waals surface area (Å²) < 4.78 is 0. The molecular weight excluding hydrogens is 310 g/mol. The second-order valence-corrected chi connectivity index (χ2v) is 5.37. The molecule has 0 spiro atoms. The summed E-state index contributed by atoms with van der Waals surface area (Å²) >= 11 is 5.88. The van der Waals surface area contributed by atoms with Crippen LogP contribution in [0.5, 0.6) is 0 Å². The molecule has 0 radical (unpaired) electrons. The zero-order valence-electron chi connectivity index (χ0n) is 12.6. The molecule has 3 aromatic rings. The third-order valence-electron chi connectivity index (χ3n) is 3.32. The molecule has 0 unspecified atom stereocenters. The van der Waals surface area contributed by atoms with Crippen molar-refractivity contribution in [1.29, 1.82) is 0 Å². The lowest BCUT2D eigenvalue weighted by molar-refractivity contribution is 0.981. The van der Waals surface area contributed by atoms with E-state index in [0.717, 1.165) is 17.8 Å². The van der Waals surface area contributed by atoms with Gasteiger partial charge in [-0.2, -0.15) is 10.1 Å². The molecule has 0 saturated heterocycles. The lowest BCUT2D eigenvalue weighted by atomic mass is 10.1. The van der Waals surface area contributed by atoms with Crippen LogP contribution < -0.4 is 10.6 Å². The van der Waals surface area contributed by atoms with Gasteiger partial charge in [-0.05, 0) is 42.3 Å². The molecule has 23 heavy (non-hydrogen) atoms. The molecule has 0 bridgehead atoms. The summed E-state index contributed by atoms with van der Waals surface area (Å²) in [5.74, 6) is 1.06. The van der Waals surface area contributed by atoms with E-state index in [1.165, 1.54) is 5.56 Å². The minimum atomic E-state index is 0.423. The van der Waals surface area contributed by atoms with Crippen molar-refractivity contribution in [2.24, 2.45) is 0 Å². The molecule has 2 N–H and O–H groups in total. The van der Waals surface area contributed by atoms with Gasteiger partial charge in [0, 0.05) is 16.4 Å². The monoisotopic (exact) mass is 325 g/mol. The highest BCUT2D eigenvalue weighted by atomic mass is 35.5. The topological polar surface area (TPSA) is 62.7 Å². The van der Waals surface area contributed by atoms with Crippen molar-refractivity contribution in [3.8, 4) is 0 Å². The third kappa shape index (κ3) is 3.96. The van der Waals surface area contributed by atoms with Gasteiger partial charge < -0.3 is 10.6 Å². The number of aryl methyl sites for hydroxylation is 1. The number of para-hydroxylation sites is 1. The lowest BCUT2D eigenvalue weighted by Gasteiger charge is -2.10. The number of benzene rings is 2. The van der Waals surface area contributed by atoms with Crippen molar-refractivity contribution < 1.29 is 0 Å². The molecule has 0 aliphatic carbocycles. The molecule has 1 aromatic heterocycles. The van der Waals surface area contributed by atoms with Gasteiger partial charge >= 0.3 is 0 Å². The zero-order chi connectivity index (χ0) is 16.1. The van der Waals surface area contributed by atoms with Crippen molar-refractivity contribution >= 4 is 34.7 Å². The highest BCUT2D eigenvalue weighted by Crippen LogP contribution is 2.21. The SMILES string of the molecule is CCc1ccccc1Nc1cnnc(Nc2ccc(Cl)cc2)n1. The minimum Gasteiger partial charge on any atom is -0.339 e. The Morgan fingerprint density at radius 2 is 1.78 bits per heavy atom. The predicted octanol–water partition coefficient (Wildman–Crippen LogP) is 4.57. The van der Waals surface area contributed by atoms with Crippen LogP contribution in [0.1, 0.15) is 12.5 Å². The van der Waals surface area contributed by atoms with Crippen LogP contribution in [0.15, 0.2) is 54.7 Å². The van der Waals surface area contributed by atoms with Crippen LogP contribution in [0, 0.1) is 0 Å². The molecule has 0 aliphatic heterocycles. The van der Waals surface area contributed by atoms with E-state index in [9.17, 15) is 0 Å². The molecule has 0 fully saturated rings. The lowest BCUT2D eigenvalue weighted by Crippen LogP contribution is -2.03. The van der Waals surface area contributed by atoms with Gasteiger partial charge in [0.15, 0.2) is 5.82 Å². The van der Waals surface area contributed by atoms with Crippen LogP contribution in [0.3, 0.4) is 0 Å². The highest BCUT2D eigenvalue weighted by molar-refractivity contribution is 6.30. The van der Waals surface area contributed by atoms with Gasteiger partial charge in [0.2, 0.25) is 5.95 Å². The molecule has 5 nitrogen and oxygen atoms in total. The summed E-state index contributed by atoms with van der Waals surface area (Å²) in [6.07, 6.45) is 2.54. The Kier molecular flexibility index (Phi) is 4.68. The van der Waals surface area contributed by atoms with Crippen LogP contribution >= 0.6 is 11.6 Å². The van der Waals surface area contributed by atoms with Crippen LogP contribution in [0.2, 0.25) is 5.02 Å². The number of nitrogens with zero attached hydrogens (tertiary/aromatic N) is 3. The minimum absolute atomic E-state index is 0.423. The van der Waals surface area contributed by atoms with Crippen LogP contribution in [-0.4, -0.2) is 15.2 Å². The zero-order valence-corrected chi connectivity index (χ0v) is 13.4. The number of nitrogens with one attached hydrogen (secondary N) is 2. The van der Waals surface area contributed by atoms with Gasteiger partial charge in [0.25, 0.3) is 0 Å². The van der Waals surface area contributed by atoms with Crippen molar-refractivity contribution in [2.75, 3.05) is 10.6 Å². The second-order valence-electron chi connectivity index (χ2n) is 4.93. The van der Waals surface area contributed by atoms with Gasteiger partial charge in [-0.15, -0.1) is 5.10 Å². The van der Waals surface area contributed by atoms with Gasteiger partial charge in [-0.1, -0.05) is 36.7 Å². The Morgan fingerprint density at radius 1 is 1.00 bits per heavy atom. The Balaban J connectivity index is 1.78. The summed E-state index contributed by atoms with van der Waals surface area (Å²) in [6, 6.07) is 15.4. The first-order chi connectivity index (χ1) is 11.2. The molecule has 2 aromatic carbocycles. The Morgan fingerprint density at radius 3 is 2.57 bits per heavy atom. The molecule has 0 amide bonds. The van der Waals surface area contributed by atoms with E-state index in [0.29, 0.717) is 16.8 Å². The van der Waals surface area contributed by atoms with E-state index in [2.05, 4.69) is 38.8 Å². The van der Waals surface area contributed by atoms with E-state index in [-0.39, 0.29) is 0 Å². The smallest absolute Gasteiger partial charge is 0.249 e. The second kappa shape index (κ2) is 7.07. The molecule has 0 saturated carbocycles. The number of hydrogen-bond donors (Lipinski definition) is 2. The number of anilines is 4. The summed E-state index contributed by atoms with van der Waals surface area (Å²) in [4.78, 5) is 4.43. The number of hydrogen-bond acceptors (Lipinski definition) is 5. The van der Waals surface area contributed by atoms with Crippen LogP contribution in [-0.2, 0) is 6.42 Å². The average Bonchev–Trinajstić information content (AvgIpc) is 2.58. The normalized spacial score (nSPS) is 10.3. The van der Waals surface area contributed by atoms with E-state index in [1.807, 2.05) is 30.3 Å². The van der Waals surface area contributed by atoms with E-state index in [4.69, 9.17) is 11.6 Å². The number of halogens is 1. The maximum atomic E-state index is 5.88. The molecule has 0 aliphatic rings. The van der Waals surface area contributed by atoms with Gasteiger partial charge in [0.1, 0.15) is 0 Å². The van der Waals surface area contributed by atoms with Crippen LogP contribution in [0.4, 0.5) is 23.1 Å². The quantitative estimate of drug-likeness (QED) is 0.719. The van der Waals surface area contributed by atoms with Crippen molar-refractivity contribution in [2.45, 2.75) is 13.3 Å². The van der Waals surface area contributed by atoms with E-state index >= 15 is 0 Å². The standard InChI is InChI=1S/C17H16ClN5/c1-2-12-5-3-4-6-15(12)21-16-11-19-23-17(22-16)20-14-9-7-13(18)8-10-14/h3-11H,2H2,1H3,(H2,20,21,22,23). The molecule has 0 atom stereocenters. The molecule has 116 valence electrons. The van der Waals surface area contributed by atoms with E-state index < -0.39 is 0 Å². The van der Waals surface area contributed by atoms with Crippen LogP contribution in [0.25, 0.3) is 0 Å². The first kappa shape index (κ1) is 15.2. The fraction of sp³-hybridized carbons (Fsp3) is 0.118. The molecule has 1 heterocycles. The number of aromatic nitrogens is 3. The molecular formula is C17H16ClN5. The first-order valence-corrected chi connectivity index (χ1v) is 7.69. The summed E-state index contributed by atoms with van der Waals surface area (Å²) in [7, 11) is 0. The first-order valence-electron chi connectivity index (χ1n) is 7.32. The molecule has 6 heteroatoms. The van der Waals surface area contributed by atoms with Gasteiger partial charge in [-0.3, -0.25) is 0 Å². The number of rotatable bonds is 5. The van der Waals surface area contributed by atoms with Crippen molar-refractivity contribution in [1.82, 2.24) is 15.2 Å². The predicted molar refractivity (Wildman–Crippen MR) is 93.7 cm³/mol. The van der Waals surface area contributed by atoms with Gasteiger partial charge in [-0.25, -0.2) is 0 Å². The van der Waals surface area contributed by atoms with Crippen molar-refractivity contribution in [3.63, 3.8) is 0 Å². The average molecular weight is 326 g/mol. The largest absolute Gasteiger partial charge is 0.339 e. The maximum absolute atomic E-state index is 5.88. The Hall–Kier alpha value is -2.66. The fourth-order valence-electron chi connectivity index (χ4n) is 2.17. The fourth-order valence-corrected chi connectivity index (χ4v) is 2.29. The van der Waals surface area contributed by atoms with Crippen molar-refractivity contribution in [3.05, 3.63) is 65.3 Å². The molecule has 3 rings (SSSR count). The van der Waals surface area contributed by atoms with Gasteiger partial charge in [0.05, 0.1) is 6.20 Å². The van der Waals surface area contributed by atoms with E-state index in [1.54, 1.807) is 18.3 Å². The third-order valence-corrected chi connectivity index (χ3v) is 3.57. The summed E-state index contributed by atoms with van der Waals surface area (Å²) in [5, 5.41) is 15.1. The summed E-state index contributed by atoms with van der Waals surface area (Å²) in [6.45, 7) is 2.12. The Labute approximate surface area is 139 Å². The maximum Gasteiger partial charge on any atom is 0.249 e.